The van der Waals surface area contributed by atoms with Crippen molar-refractivity contribution < 1.29 is 28.2 Å². The number of carbonyl (C=O) groups is 2. The van der Waals surface area contributed by atoms with Crippen LogP contribution in [0, 0.1) is 18.2 Å². The summed E-state index contributed by atoms with van der Waals surface area (Å²) in [5.74, 6) is 1.63. The summed E-state index contributed by atoms with van der Waals surface area (Å²) < 4.78 is 31.3. The van der Waals surface area contributed by atoms with Gasteiger partial charge in [0.2, 0.25) is 5.88 Å². The number of halogens is 1. The van der Waals surface area contributed by atoms with Crippen LogP contribution in [0.2, 0.25) is 0 Å². The minimum Gasteiger partial charge on any atom is -0.493 e. The SMILES string of the molecule is COc1cc2c(Oc3ccc(CC(=O)C4(C(=O)Cc5ccc(F)cc5)CC4)c(C)n3)ccnc2cc1OCCCN1CCCCC1. The third-order valence-corrected chi connectivity index (χ3v) is 9.14. The predicted octanol–water partition coefficient (Wildman–Crippen LogP) is 6.84. The number of ketones is 2. The third kappa shape index (κ3) is 7.20. The van der Waals surface area contributed by atoms with Crippen molar-refractivity contribution in [3.8, 4) is 23.1 Å². The third-order valence-electron chi connectivity index (χ3n) is 9.14. The van der Waals surface area contributed by atoms with Crippen LogP contribution in [-0.2, 0) is 22.4 Å². The molecule has 0 spiro atoms. The highest BCUT2D eigenvalue weighted by atomic mass is 19.1. The number of methoxy groups -OCH3 is 1. The fraction of sp³-hybridized carbons (Fsp3) is 0.405. The number of Topliss-reactive ketones (excluding diaryl/α,β-unsaturated/α-hetero) is 2. The predicted molar refractivity (Wildman–Crippen MR) is 173 cm³/mol. The summed E-state index contributed by atoms with van der Waals surface area (Å²) in [5.41, 5.74) is 1.87. The number of ether oxygens (including phenoxy) is 3. The molecule has 1 saturated heterocycles. The number of fused-ring (bicyclic) bond motifs is 1. The highest BCUT2D eigenvalue weighted by molar-refractivity contribution is 6.11. The van der Waals surface area contributed by atoms with E-state index in [2.05, 4.69) is 14.9 Å². The van der Waals surface area contributed by atoms with E-state index in [1.807, 2.05) is 25.1 Å². The Labute approximate surface area is 268 Å². The number of aryl methyl sites for hydroxylation is 1. The highest BCUT2D eigenvalue weighted by Gasteiger charge is 2.54. The molecular weight excluding hydrogens is 585 g/mol. The van der Waals surface area contributed by atoms with Crippen LogP contribution in [-0.4, -0.2) is 59.8 Å². The van der Waals surface area contributed by atoms with Crippen LogP contribution in [0.4, 0.5) is 4.39 Å². The fourth-order valence-electron chi connectivity index (χ4n) is 6.20. The molecule has 46 heavy (non-hydrogen) atoms. The van der Waals surface area contributed by atoms with E-state index < -0.39 is 5.41 Å². The average molecular weight is 626 g/mol. The lowest BCUT2D eigenvalue weighted by molar-refractivity contribution is -0.133. The van der Waals surface area contributed by atoms with E-state index in [-0.39, 0.29) is 30.2 Å². The van der Waals surface area contributed by atoms with Crippen LogP contribution in [0.25, 0.3) is 10.9 Å². The van der Waals surface area contributed by atoms with Gasteiger partial charge in [0.05, 0.1) is 24.6 Å². The molecule has 0 atom stereocenters. The number of likely N-dealkylation sites (tertiary alicyclic amines) is 1. The molecule has 1 aliphatic carbocycles. The van der Waals surface area contributed by atoms with Crippen molar-refractivity contribution in [1.29, 1.82) is 0 Å². The number of piperidine rings is 1. The second-order valence-electron chi connectivity index (χ2n) is 12.3. The summed E-state index contributed by atoms with van der Waals surface area (Å²) in [5, 5.41) is 0.758. The molecule has 0 N–H and O–H groups in total. The Morgan fingerprint density at radius 3 is 2.39 bits per heavy atom. The zero-order chi connectivity index (χ0) is 32.1. The van der Waals surface area contributed by atoms with Gasteiger partial charge >= 0.3 is 0 Å². The van der Waals surface area contributed by atoms with Gasteiger partial charge in [0.1, 0.15) is 11.6 Å². The summed E-state index contributed by atoms with van der Waals surface area (Å²) in [4.78, 5) is 38.1. The van der Waals surface area contributed by atoms with E-state index in [0.29, 0.717) is 59.4 Å². The second-order valence-corrected chi connectivity index (χ2v) is 12.3. The fourth-order valence-corrected chi connectivity index (χ4v) is 6.20. The Kier molecular flexibility index (Phi) is 9.59. The van der Waals surface area contributed by atoms with Gasteiger partial charge in [-0.25, -0.2) is 9.37 Å². The monoisotopic (exact) mass is 625 g/mol. The van der Waals surface area contributed by atoms with E-state index >= 15 is 0 Å². The van der Waals surface area contributed by atoms with Gasteiger partial charge in [-0.2, -0.15) is 0 Å². The van der Waals surface area contributed by atoms with Gasteiger partial charge in [0, 0.05) is 48.8 Å². The van der Waals surface area contributed by atoms with E-state index in [0.717, 1.165) is 23.9 Å². The topological polar surface area (TPSA) is 90.9 Å². The Morgan fingerprint density at radius 1 is 0.913 bits per heavy atom. The van der Waals surface area contributed by atoms with E-state index in [9.17, 15) is 14.0 Å². The molecule has 1 saturated carbocycles. The summed E-state index contributed by atoms with van der Waals surface area (Å²) in [6.45, 7) is 5.79. The molecule has 3 heterocycles. The van der Waals surface area contributed by atoms with Crippen LogP contribution in [0.15, 0.2) is 60.8 Å². The molecule has 8 nitrogen and oxygen atoms in total. The molecule has 2 aliphatic rings. The zero-order valence-corrected chi connectivity index (χ0v) is 26.5. The molecule has 0 bridgehead atoms. The number of hydrogen-bond acceptors (Lipinski definition) is 8. The van der Waals surface area contributed by atoms with Gasteiger partial charge < -0.3 is 19.1 Å². The standard InChI is InChI=1S/C37H40FN3O5/c1-25-27(22-35(43)37(14-15-37)34(42)21-26-7-10-28(38)11-8-26)9-12-36(40-25)46-31-13-16-39-30-24-33(32(44-2)23-29(30)31)45-20-6-19-41-17-4-3-5-18-41/h7-13,16,23-24H,3-6,14-15,17-22H2,1-2H3. The minimum atomic E-state index is -0.957. The van der Waals surface area contributed by atoms with Gasteiger partial charge in [-0.3, -0.25) is 14.6 Å². The maximum Gasteiger partial charge on any atom is 0.219 e. The Hall–Kier alpha value is -4.37. The smallest absolute Gasteiger partial charge is 0.219 e. The normalized spacial score (nSPS) is 15.8. The molecule has 2 aromatic carbocycles. The first-order valence-corrected chi connectivity index (χ1v) is 16.1. The number of pyridine rings is 2. The zero-order valence-electron chi connectivity index (χ0n) is 26.5. The van der Waals surface area contributed by atoms with Crippen molar-refractivity contribution in [2.75, 3.05) is 33.4 Å². The van der Waals surface area contributed by atoms with Crippen LogP contribution < -0.4 is 14.2 Å². The largest absolute Gasteiger partial charge is 0.493 e. The molecule has 0 unspecified atom stereocenters. The lowest BCUT2D eigenvalue weighted by atomic mass is 9.87. The molecule has 2 fully saturated rings. The molecule has 0 amide bonds. The van der Waals surface area contributed by atoms with Crippen molar-refractivity contribution in [2.24, 2.45) is 5.41 Å². The number of rotatable bonds is 14. The Bertz CT molecular complexity index is 1710. The summed E-state index contributed by atoms with van der Waals surface area (Å²) in [6.07, 6.45) is 7.83. The average Bonchev–Trinajstić information content (AvgIpc) is 3.88. The minimum absolute atomic E-state index is 0.102. The second kappa shape index (κ2) is 14.0. The summed E-state index contributed by atoms with van der Waals surface area (Å²) in [7, 11) is 1.62. The quantitative estimate of drug-likeness (QED) is 0.111. The van der Waals surface area contributed by atoms with Crippen LogP contribution >= 0.6 is 0 Å². The van der Waals surface area contributed by atoms with Gasteiger partial charge in [-0.15, -0.1) is 0 Å². The maximum absolute atomic E-state index is 13.3. The van der Waals surface area contributed by atoms with Crippen molar-refractivity contribution in [1.82, 2.24) is 14.9 Å². The molecule has 4 aromatic rings. The van der Waals surface area contributed by atoms with Gasteiger partial charge in [-0.1, -0.05) is 24.6 Å². The van der Waals surface area contributed by atoms with Crippen molar-refractivity contribution >= 4 is 22.5 Å². The van der Waals surface area contributed by atoms with E-state index in [4.69, 9.17) is 14.2 Å². The molecule has 6 rings (SSSR count). The van der Waals surface area contributed by atoms with Gasteiger partial charge in [0.15, 0.2) is 23.1 Å². The Morgan fingerprint density at radius 2 is 1.67 bits per heavy atom. The number of hydrogen-bond donors (Lipinski definition) is 0. The van der Waals surface area contributed by atoms with E-state index in [1.165, 1.54) is 44.5 Å². The van der Waals surface area contributed by atoms with Crippen molar-refractivity contribution in [3.63, 3.8) is 0 Å². The molecular formula is C37H40FN3O5. The van der Waals surface area contributed by atoms with Gasteiger partial charge in [0.25, 0.3) is 0 Å². The highest BCUT2D eigenvalue weighted by Crippen LogP contribution is 2.49. The first-order chi connectivity index (χ1) is 22.3. The number of benzene rings is 2. The Balaban J connectivity index is 1.10. The molecule has 9 heteroatoms. The summed E-state index contributed by atoms with van der Waals surface area (Å²) in [6, 6.07) is 14.9. The van der Waals surface area contributed by atoms with Crippen LogP contribution in [0.5, 0.6) is 23.1 Å². The van der Waals surface area contributed by atoms with Crippen LogP contribution in [0.3, 0.4) is 0 Å². The summed E-state index contributed by atoms with van der Waals surface area (Å²) >= 11 is 0. The van der Waals surface area contributed by atoms with Crippen molar-refractivity contribution in [3.05, 3.63) is 83.4 Å². The van der Waals surface area contributed by atoms with Crippen molar-refractivity contribution in [2.45, 2.75) is 58.3 Å². The number of aromatic nitrogens is 2. The lowest BCUT2D eigenvalue weighted by Gasteiger charge is -2.26. The molecule has 1 aliphatic heterocycles. The first-order valence-electron chi connectivity index (χ1n) is 16.1. The van der Waals surface area contributed by atoms with Crippen LogP contribution in [0.1, 0.15) is 55.3 Å². The molecule has 2 aromatic heterocycles. The number of nitrogens with zero attached hydrogens (tertiary/aromatic N) is 3. The van der Waals surface area contributed by atoms with E-state index in [1.54, 1.807) is 37.6 Å². The first kappa shape index (κ1) is 31.6. The molecule has 240 valence electrons. The lowest BCUT2D eigenvalue weighted by Crippen LogP contribution is -2.31. The molecule has 0 radical (unpaired) electrons. The number of carbonyl (C=O) groups excluding carboxylic acids is 2. The maximum atomic E-state index is 13.3. The van der Waals surface area contributed by atoms with Gasteiger partial charge in [-0.05, 0) is 87.5 Å².